The number of halogens is 1. The van der Waals surface area contributed by atoms with Crippen LogP contribution in [0.3, 0.4) is 0 Å². The van der Waals surface area contributed by atoms with Crippen molar-refractivity contribution < 1.29 is 4.79 Å². The first-order valence-electron chi connectivity index (χ1n) is 7.82. The second kappa shape index (κ2) is 8.09. The van der Waals surface area contributed by atoms with Crippen molar-refractivity contribution in [2.75, 3.05) is 5.32 Å². The molecular weight excluding hydrogens is 368 g/mol. The third-order valence-electron chi connectivity index (χ3n) is 3.58. The standard InChI is InChI=1S/C19H15ClN4OS/c1-13(25)22-18-16(11-21)19(23-24(18)15-8-3-2-4-9-15)26-12-14-7-5-6-10-17(14)20/h2-10H,12H2,1H3,(H,22,25). The van der Waals surface area contributed by atoms with E-state index >= 15 is 0 Å². The van der Waals surface area contributed by atoms with Gasteiger partial charge in [-0.25, -0.2) is 4.68 Å². The van der Waals surface area contributed by atoms with E-state index in [1.165, 1.54) is 18.7 Å². The summed E-state index contributed by atoms with van der Waals surface area (Å²) in [6, 6.07) is 19.1. The van der Waals surface area contributed by atoms with Gasteiger partial charge in [0.1, 0.15) is 16.7 Å². The number of rotatable bonds is 5. The molecule has 7 heteroatoms. The molecule has 1 amide bonds. The highest BCUT2D eigenvalue weighted by molar-refractivity contribution is 7.98. The van der Waals surface area contributed by atoms with E-state index in [-0.39, 0.29) is 5.91 Å². The number of nitrogens with one attached hydrogen (secondary N) is 1. The first kappa shape index (κ1) is 18.1. The van der Waals surface area contributed by atoms with E-state index in [0.29, 0.717) is 27.2 Å². The van der Waals surface area contributed by atoms with Crippen LogP contribution in [0.5, 0.6) is 0 Å². The molecule has 3 aromatic rings. The molecule has 0 bridgehead atoms. The molecule has 0 aliphatic carbocycles. The lowest BCUT2D eigenvalue weighted by atomic mass is 10.2. The maximum atomic E-state index is 11.6. The minimum absolute atomic E-state index is 0.263. The van der Waals surface area contributed by atoms with Crippen molar-refractivity contribution in [3.8, 4) is 11.8 Å². The number of carbonyl (C=O) groups is 1. The van der Waals surface area contributed by atoms with Gasteiger partial charge in [-0.15, -0.1) is 0 Å². The zero-order valence-corrected chi connectivity index (χ0v) is 15.5. The SMILES string of the molecule is CC(=O)Nc1c(C#N)c(SCc2ccccc2Cl)nn1-c1ccccc1. The van der Waals surface area contributed by atoms with Crippen molar-refractivity contribution in [3.05, 3.63) is 70.7 Å². The Morgan fingerprint density at radius 1 is 1.23 bits per heavy atom. The highest BCUT2D eigenvalue weighted by Gasteiger charge is 2.20. The fourth-order valence-corrected chi connectivity index (χ4v) is 3.65. The van der Waals surface area contributed by atoms with E-state index < -0.39 is 0 Å². The van der Waals surface area contributed by atoms with Gasteiger partial charge >= 0.3 is 0 Å². The summed E-state index contributed by atoms with van der Waals surface area (Å²) in [6.07, 6.45) is 0. The summed E-state index contributed by atoms with van der Waals surface area (Å²) in [6.45, 7) is 1.40. The molecule has 1 aromatic heterocycles. The second-order valence-electron chi connectivity index (χ2n) is 5.45. The molecule has 0 aliphatic heterocycles. The van der Waals surface area contributed by atoms with Crippen LogP contribution in [0.4, 0.5) is 5.82 Å². The largest absolute Gasteiger partial charge is 0.310 e. The number of nitriles is 1. The average Bonchev–Trinajstić information content (AvgIpc) is 2.98. The monoisotopic (exact) mass is 382 g/mol. The molecule has 0 aliphatic rings. The Labute approximate surface area is 160 Å². The molecule has 0 radical (unpaired) electrons. The maximum absolute atomic E-state index is 11.6. The molecule has 5 nitrogen and oxygen atoms in total. The van der Waals surface area contributed by atoms with Gasteiger partial charge < -0.3 is 5.32 Å². The van der Waals surface area contributed by atoms with E-state index in [9.17, 15) is 10.1 Å². The highest BCUT2D eigenvalue weighted by atomic mass is 35.5. The summed E-state index contributed by atoms with van der Waals surface area (Å²) in [5.74, 6) is 0.675. The Kier molecular flexibility index (Phi) is 5.61. The number of hydrogen-bond acceptors (Lipinski definition) is 4. The van der Waals surface area contributed by atoms with Crippen LogP contribution in [0.25, 0.3) is 5.69 Å². The van der Waals surface area contributed by atoms with Gasteiger partial charge in [-0.2, -0.15) is 10.4 Å². The zero-order chi connectivity index (χ0) is 18.5. The van der Waals surface area contributed by atoms with E-state index in [1.54, 1.807) is 4.68 Å². The third kappa shape index (κ3) is 3.90. The summed E-state index contributed by atoms with van der Waals surface area (Å²) in [7, 11) is 0. The predicted octanol–water partition coefficient (Wildman–Crippen LogP) is 4.65. The van der Waals surface area contributed by atoms with Crippen LogP contribution < -0.4 is 5.32 Å². The first-order valence-corrected chi connectivity index (χ1v) is 9.19. The molecule has 0 spiro atoms. The van der Waals surface area contributed by atoms with Gasteiger partial charge in [0.25, 0.3) is 0 Å². The van der Waals surface area contributed by atoms with Crippen molar-refractivity contribution in [1.82, 2.24) is 9.78 Å². The van der Waals surface area contributed by atoms with Gasteiger partial charge in [-0.05, 0) is 23.8 Å². The number of para-hydroxylation sites is 1. The van der Waals surface area contributed by atoms with Crippen LogP contribution in [0.1, 0.15) is 18.1 Å². The number of aromatic nitrogens is 2. The Morgan fingerprint density at radius 2 is 1.92 bits per heavy atom. The van der Waals surface area contributed by atoms with Gasteiger partial charge in [-0.1, -0.05) is 59.8 Å². The summed E-state index contributed by atoms with van der Waals surface area (Å²) in [4.78, 5) is 11.6. The van der Waals surface area contributed by atoms with Gasteiger partial charge in [0.2, 0.25) is 5.91 Å². The molecule has 0 atom stereocenters. The Morgan fingerprint density at radius 3 is 2.58 bits per heavy atom. The number of hydrogen-bond donors (Lipinski definition) is 1. The summed E-state index contributed by atoms with van der Waals surface area (Å²) in [5.41, 5.74) is 2.05. The smallest absolute Gasteiger partial charge is 0.222 e. The number of carbonyl (C=O) groups excluding carboxylic acids is 1. The molecule has 1 heterocycles. The lowest BCUT2D eigenvalue weighted by molar-refractivity contribution is -0.114. The minimum atomic E-state index is -0.263. The van der Waals surface area contributed by atoms with Crippen LogP contribution in [-0.2, 0) is 10.5 Å². The Bertz CT molecular complexity index is 979. The fraction of sp³-hybridized carbons (Fsp3) is 0.105. The van der Waals surface area contributed by atoms with E-state index in [2.05, 4.69) is 16.5 Å². The zero-order valence-electron chi connectivity index (χ0n) is 13.9. The molecule has 0 fully saturated rings. The first-order chi connectivity index (χ1) is 12.6. The van der Waals surface area contributed by atoms with Crippen molar-refractivity contribution in [2.24, 2.45) is 0 Å². The quantitative estimate of drug-likeness (QED) is 0.652. The van der Waals surface area contributed by atoms with Gasteiger partial charge in [-0.3, -0.25) is 4.79 Å². The van der Waals surface area contributed by atoms with E-state index in [0.717, 1.165) is 11.3 Å². The lowest BCUT2D eigenvalue weighted by Gasteiger charge is -2.07. The number of benzene rings is 2. The number of nitrogens with zero attached hydrogens (tertiary/aromatic N) is 3. The molecule has 0 unspecified atom stereocenters. The van der Waals surface area contributed by atoms with Crippen LogP contribution in [-0.4, -0.2) is 15.7 Å². The Balaban J connectivity index is 2.00. The molecule has 2 aromatic carbocycles. The van der Waals surface area contributed by atoms with Crippen molar-refractivity contribution >= 4 is 35.1 Å². The number of amides is 1. The van der Waals surface area contributed by atoms with Crippen molar-refractivity contribution in [3.63, 3.8) is 0 Å². The third-order valence-corrected chi connectivity index (χ3v) is 4.97. The van der Waals surface area contributed by atoms with Crippen molar-refractivity contribution in [2.45, 2.75) is 17.7 Å². The summed E-state index contributed by atoms with van der Waals surface area (Å²) in [5, 5.41) is 18.1. The molecule has 1 N–H and O–H groups in total. The Hall–Kier alpha value is -2.75. The minimum Gasteiger partial charge on any atom is -0.310 e. The van der Waals surface area contributed by atoms with Crippen LogP contribution >= 0.6 is 23.4 Å². The molecule has 3 rings (SSSR count). The molecule has 130 valence electrons. The average molecular weight is 383 g/mol. The molecular formula is C19H15ClN4OS. The van der Waals surface area contributed by atoms with E-state index in [4.69, 9.17) is 11.6 Å². The van der Waals surface area contributed by atoms with Gasteiger partial charge in [0.05, 0.1) is 5.69 Å². The van der Waals surface area contributed by atoms with Crippen LogP contribution in [0.15, 0.2) is 59.6 Å². The molecule has 26 heavy (non-hydrogen) atoms. The van der Waals surface area contributed by atoms with E-state index in [1.807, 2.05) is 54.6 Å². The predicted molar refractivity (Wildman–Crippen MR) is 104 cm³/mol. The lowest BCUT2D eigenvalue weighted by Crippen LogP contribution is -2.12. The van der Waals surface area contributed by atoms with Gasteiger partial charge in [0.15, 0.2) is 5.82 Å². The fourth-order valence-electron chi connectivity index (χ4n) is 2.40. The highest BCUT2D eigenvalue weighted by Crippen LogP contribution is 2.33. The van der Waals surface area contributed by atoms with Gasteiger partial charge in [0, 0.05) is 17.7 Å². The summed E-state index contributed by atoms with van der Waals surface area (Å²) < 4.78 is 1.58. The molecule has 0 saturated heterocycles. The molecule has 0 saturated carbocycles. The topological polar surface area (TPSA) is 70.7 Å². The van der Waals surface area contributed by atoms with Crippen molar-refractivity contribution in [1.29, 1.82) is 5.26 Å². The normalized spacial score (nSPS) is 10.3. The maximum Gasteiger partial charge on any atom is 0.222 e. The van der Waals surface area contributed by atoms with Crippen LogP contribution in [0.2, 0.25) is 5.02 Å². The number of anilines is 1. The second-order valence-corrected chi connectivity index (χ2v) is 6.82. The summed E-state index contributed by atoms with van der Waals surface area (Å²) >= 11 is 7.61. The number of thioether (sulfide) groups is 1. The van der Waals surface area contributed by atoms with Crippen LogP contribution in [0, 0.1) is 11.3 Å².